The number of aliphatic hydroxyl groups excluding tert-OH is 1. The highest BCUT2D eigenvalue weighted by Gasteiger charge is 2.30. The molecule has 0 bridgehead atoms. The number of aromatic carboxylic acids is 1. The fourth-order valence-corrected chi connectivity index (χ4v) is 3.96. The Bertz CT molecular complexity index is 1320. The van der Waals surface area contributed by atoms with Gasteiger partial charge in [0, 0.05) is 0 Å². The second-order valence-electron chi connectivity index (χ2n) is 9.76. The van der Waals surface area contributed by atoms with Gasteiger partial charge < -0.3 is 24.2 Å². The average Bonchev–Trinajstić information content (AvgIpc) is 2.89. The quantitative estimate of drug-likeness (QED) is 0.247. The lowest BCUT2D eigenvalue weighted by Crippen LogP contribution is -2.48. The smallest absolute Gasteiger partial charge is 0.416 e. The van der Waals surface area contributed by atoms with Crippen LogP contribution in [-0.2, 0) is 17.5 Å². The van der Waals surface area contributed by atoms with Gasteiger partial charge in [-0.1, -0.05) is 30.3 Å². The first-order chi connectivity index (χ1) is 18.4. The van der Waals surface area contributed by atoms with Crippen molar-refractivity contribution in [2.75, 3.05) is 40.4 Å². The monoisotopic (exact) mass is 543 g/mol. The number of carbonyl (C=O) groups is 1. The first-order valence-electron chi connectivity index (χ1n) is 12.1. The van der Waals surface area contributed by atoms with E-state index in [9.17, 15) is 28.3 Å². The second-order valence-corrected chi connectivity index (χ2v) is 9.76. The molecule has 0 saturated heterocycles. The van der Waals surface area contributed by atoms with Gasteiger partial charge in [0.15, 0.2) is 0 Å². The highest BCUT2D eigenvalue weighted by molar-refractivity contribution is 5.88. The Kier molecular flexibility index (Phi) is 9.70. The van der Waals surface area contributed by atoms with Gasteiger partial charge in [-0.05, 0) is 53.1 Å². The van der Waals surface area contributed by atoms with E-state index in [4.69, 9.17) is 14.6 Å². The van der Waals surface area contributed by atoms with Gasteiger partial charge >= 0.3 is 12.1 Å². The number of hydrogen-bond donors (Lipinski definition) is 2. The fourth-order valence-electron chi connectivity index (χ4n) is 3.96. The molecule has 0 aliphatic carbocycles. The number of likely N-dealkylation sites (N-methyl/N-ethyl adjacent to an activating group) is 1. The highest BCUT2D eigenvalue weighted by Crippen LogP contribution is 2.30. The lowest BCUT2D eigenvalue weighted by molar-refractivity contribution is -0.893. The van der Waals surface area contributed by atoms with Crippen LogP contribution in [0.4, 0.5) is 13.2 Å². The van der Waals surface area contributed by atoms with E-state index in [0.717, 1.165) is 23.3 Å². The number of nitriles is 1. The Hall–Kier alpha value is -3.91. The summed E-state index contributed by atoms with van der Waals surface area (Å²) in [4.78, 5) is 11.1. The first-order valence-corrected chi connectivity index (χ1v) is 12.1. The topological polar surface area (TPSA) is 99.8 Å². The molecule has 7 nitrogen and oxygen atoms in total. The van der Waals surface area contributed by atoms with Crippen LogP contribution in [0, 0.1) is 11.3 Å². The molecule has 0 unspecified atom stereocenters. The summed E-state index contributed by atoms with van der Waals surface area (Å²) in [6.45, 7) is 1.06. The van der Waals surface area contributed by atoms with Gasteiger partial charge in [0.25, 0.3) is 0 Å². The Morgan fingerprint density at radius 1 is 1.05 bits per heavy atom. The standard InChI is InChI=1S/C29H29F3N2O5/c1-34(2,12-13-38-18-20-4-3-5-25(14-20)29(30,31)32)17-26(35)19-39-27-15-23(10-11-24(27)16-33)21-6-8-22(9-7-21)28(36)37/h3-11,14-15,26,35H,12-13,17-19H2,1-2H3/p+1/t26-/m1/s1. The Labute approximate surface area is 224 Å². The predicted octanol–water partition coefficient (Wildman–Crippen LogP) is 4.98. The molecular formula is C29H30F3N2O5+. The van der Waals surface area contributed by atoms with Crippen LogP contribution in [0.2, 0.25) is 0 Å². The zero-order valence-electron chi connectivity index (χ0n) is 21.6. The van der Waals surface area contributed by atoms with Gasteiger partial charge in [-0.15, -0.1) is 0 Å². The SMILES string of the molecule is C[N+](C)(CCOCc1cccc(C(F)(F)F)c1)C[C@@H](O)COc1cc(-c2ccc(C(=O)O)cc2)ccc1C#N. The number of carboxylic acid groups (broad SMARTS) is 1. The lowest BCUT2D eigenvalue weighted by Gasteiger charge is -2.31. The molecular weight excluding hydrogens is 513 g/mol. The number of ether oxygens (including phenoxy) is 2. The van der Waals surface area contributed by atoms with Crippen molar-refractivity contribution in [1.29, 1.82) is 5.26 Å². The van der Waals surface area contributed by atoms with Crippen molar-refractivity contribution in [3.63, 3.8) is 0 Å². The zero-order valence-corrected chi connectivity index (χ0v) is 21.6. The molecule has 10 heteroatoms. The molecule has 3 aromatic carbocycles. The molecule has 0 spiro atoms. The second kappa shape index (κ2) is 12.8. The van der Waals surface area contributed by atoms with E-state index in [-0.39, 0.29) is 25.4 Å². The molecule has 2 N–H and O–H groups in total. The van der Waals surface area contributed by atoms with Crippen LogP contribution in [0.25, 0.3) is 11.1 Å². The maximum absolute atomic E-state index is 12.9. The molecule has 3 rings (SSSR count). The predicted molar refractivity (Wildman–Crippen MR) is 138 cm³/mol. The molecule has 1 atom stereocenters. The molecule has 0 heterocycles. The molecule has 0 radical (unpaired) electrons. The summed E-state index contributed by atoms with van der Waals surface area (Å²) in [5.74, 6) is -0.728. The molecule has 206 valence electrons. The number of quaternary nitrogens is 1. The highest BCUT2D eigenvalue weighted by atomic mass is 19.4. The maximum atomic E-state index is 12.9. The van der Waals surface area contributed by atoms with Gasteiger partial charge in [-0.3, -0.25) is 0 Å². The van der Waals surface area contributed by atoms with Gasteiger partial charge in [0.2, 0.25) is 0 Å². The van der Waals surface area contributed by atoms with E-state index in [0.29, 0.717) is 34.4 Å². The van der Waals surface area contributed by atoms with E-state index >= 15 is 0 Å². The minimum atomic E-state index is -4.41. The van der Waals surface area contributed by atoms with E-state index in [2.05, 4.69) is 6.07 Å². The Morgan fingerprint density at radius 3 is 2.38 bits per heavy atom. The summed E-state index contributed by atoms with van der Waals surface area (Å²) in [6.07, 6.45) is -5.27. The van der Waals surface area contributed by atoms with Crippen LogP contribution in [0.5, 0.6) is 5.75 Å². The van der Waals surface area contributed by atoms with Crippen molar-refractivity contribution in [2.24, 2.45) is 0 Å². The number of aliphatic hydroxyl groups is 1. The third-order valence-electron chi connectivity index (χ3n) is 6.07. The van der Waals surface area contributed by atoms with Gasteiger partial charge in [0.05, 0.1) is 44.0 Å². The van der Waals surface area contributed by atoms with Crippen molar-refractivity contribution in [2.45, 2.75) is 18.9 Å². The summed E-state index contributed by atoms with van der Waals surface area (Å²) < 4.78 is 50.3. The number of halogens is 3. The van der Waals surface area contributed by atoms with Crippen molar-refractivity contribution in [3.8, 4) is 22.9 Å². The summed E-state index contributed by atoms with van der Waals surface area (Å²) in [5.41, 5.74) is 1.64. The third-order valence-corrected chi connectivity index (χ3v) is 6.07. The molecule has 0 aliphatic rings. The molecule has 0 fully saturated rings. The molecule has 0 aliphatic heterocycles. The van der Waals surface area contributed by atoms with Crippen LogP contribution in [0.1, 0.15) is 27.0 Å². The largest absolute Gasteiger partial charge is 0.489 e. The van der Waals surface area contributed by atoms with Crippen LogP contribution >= 0.6 is 0 Å². The number of carboxylic acids is 1. The minimum absolute atomic E-state index is 0.0435. The van der Waals surface area contributed by atoms with E-state index in [1.165, 1.54) is 18.2 Å². The van der Waals surface area contributed by atoms with Crippen molar-refractivity contribution in [3.05, 3.63) is 89.0 Å². The fraction of sp³-hybridized carbons (Fsp3) is 0.310. The normalized spacial score (nSPS) is 12.5. The van der Waals surface area contributed by atoms with Crippen molar-refractivity contribution >= 4 is 5.97 Å². The van der Waals surface area contributed by atoms with Crippen LogP contribution < -0.4 is 4.74 Å². The van der Waals surface area contributed by atoms with Gasteiger partial charge in [-0.25, -0.2) is 4.79 Å². The Morgan fingerprint density at radius 2 is 1.74 bits per heavy atom. The minimum Gasteiger partial charge on any atom is -0.489 e. The summed E-state index contributed by atoms with van der Waals surface area (Å²) in [7, 11) is 3.78. The molecule has 0 saturated carbocycles. The van der Waals surface area contributed by atoms with Gasteiger partial charge in [-0.2, -0.15) is 18.4 Å². The maximum Gasteiger partial charge on any atom is 0.416 e. The van der Waals surface area contributed by atoms with Crippen LogP contribution in [0.15, 0.2) is 66.7 Å². The molecule has 0 aromatic heterocycles. The van der Waals surface area contributed by atoms with E-state index in [1.54, 1.807) is 36.4 Å². The van der Waals surface area contributed by atoms with Crippen molar-refractivity contribution < 1.29 is 42.1 Å². The molecule has 3 aromatic rings. The van der Waals surface area contributed by atoms with Gasteiger partial charge in [0.1, 0.15) is 37.6 Å². The summed E-state index contributed by atoms with van der Waals surface area (Å²) in [6, 6.07) is 18.4. The average molecular weight is 544 g/mol. The first kappa shape index (κ1) is 29.6. The lowest BCUT2D eigenvalue weighted by atomic mass is 10.0. The summed E-state index contributed by atoms with van der Waals surface area (Å²) >= 11 is 0. The number of benzene rings is 3. The van der Waals surface area contributed by atoms with Crippen LogP contribution in [0.3, 0.4) is 0 Å². The Balaban J connectivity index is 1.52. The van der Waals surface area contributed by atoms with Crippen molar-refractivity contribution in [1.82, 2.24) is 0 Å². The number of rotatable bonds is 12. The van der Waals surface area contributed by atoms with E-state index in [1.807, 2.05) is 14.1 Å². The number of nitrogens with zero attached hydrogens (tertiary/aromatic N) is 2. The summed E-state index contributed by atoms with van der Waals surface area (Å²) in [5, 5.41) is 29.1. The zero-order chi connectivity index (χ0) is 28.6. The number of alkyl halides is 3. The third kappa shape index (κ3) is 8.82. The number of hydrogen-bond acceptors (Lipinski definition) is 5. The molecule has 0 amide bonds. The van der Waals surface area contributed by atoms with Crippen LogP contribution in [-0.4, -0.2) is 67.2 Å². The molecule has 39 heavy (non-hydrogen) atoms. The van der Waals surface area contributed by atoms with E-state index < -0.39 is 23.8 Å².